The fourth-order valence-electron chi connectivity index (χ4n) is 1.98. The van der Waals surface area contributed by atoms with Crippen LogP contribution in [0.1, 0.15) is 27.9 Å². The number of carbonyl (C=O) groups is 1. The van der Waals surface area contributed by atoms with E-state index in [0.29, 0.717) is 0 Å². The van der Waals surface area contributed by atoms with Crippen LogP contribution in [0, 0.1) is 6.92 Å². The minimum atomic E-state index is 0.0704. The van der Waals surface area contributed by atoms with Crippen LogP contribution in [-0.2, 0) is 6.54 Å². The molecule has 0 unspecified atom stereocenters. The summed E-state index contributed by atoms with van der Waals surface area (Å²) in [6, 6.07) is 7.94. The number of nitrogens with zero attached hydrogens (tertiary/aromatic N) is 2. The van der Waals surface area contributed by atoms with Gasteiger partial charge in [-0.2, -0.15) is 0 Å². The number of methoxy groups -OCH3 is 1. The number of hydrogen-bond donors (Lipinski definition) is 0. The van der Waals surface area contributed by atoms with Gasteiger partial charge in [0, 0.05) is 20.5 Å². The van der Waals surface area contributed by atoms with Gasteiger partial charge in [0.1, 0.15) is 5.75 Å². The highest BCUT2D eigenvalue weighted by Crippen LogP contribution is 2.27. The first-order chi connectivity index (χ1) is 9.51. The van der Waals surface area contributed by atoms with Crippen LogP contribution < -0.4 is 9.64 Å². The lowest BCUT2D eigenvalue weighted by Gasteiger charge is -2.16. The largest absolute Gasteiger partial charge is 0.497 e. The highest BCUT2D eigenvalue weighted by molar-refractivity contribution is 7.17. The van der Waals surface area contributed by atoms with E-state index < -0.39 is 0 Å². The summed E-state index contributed by atoms with van der Waals surface area (Å²) >= 11 is 1.44. The number of hydrogen-bond acceptors (Lipinski definition) is 5. The van der Waals surface area contributed by atoms with Crippen molar-refractivity contribution in [1.29, 1.82) is 0 Å². The molecule has 0 aliphatic rings. The average Bonchev–Trinajstić information content (AvgIpc) is 2.81. The molecule has 1 aromatic carbocycles. The van der Waals surface area contributed by atoms with E-state index in [1.807, 2.05) is 43.1 Å². The fourth-order valence-corrected chi connectivity index (χ4v) is 2.91. The van der Waals surface area contributed by atoms with E-state index in [9.17, 15) is 4.79 Å². The molecule has 0 aliphatic carbocycles. The maximum atomic E-state index is 11.5. The second kappa shape index (κ2) is 6.05. The SMILES string of the molecule is COc1cccc(CN(C)c2nc(C)c(C(C)=O)s2)c1. The van der Waals surface area contributed by atoms with Crippen LogP contribution in [0.4, 0.5) is 5.13 Å². The lowest BCUT2D eigenvalue weighted by atomic mass is 10.2. The zero-order chi connectivity index (χ0) is 14.7. The predicted octanol–water partition coefficient (Wildman–Crippen LogP) is 3.30. The second-order valence-corrected chi connectivity index (χ2v) is 5.65. The number of anilines is 1. The number of ketones is 1. The monoisotopic (exact) mass is 290 g/mol. The lowest BCUT2D eigenvalue weighted by Crippen LogP contribution is -2.16. The molecular weight excluding hydrogens is 272 g/mol. The number of Topliss-reactive ketones (excluding diaryl/α,β-unsaturated/α-hetero) is 1. The van der Waals surface area contributed by atoms with Gasteiger partial charge in [0.05, 0.1) is 17.7 Å². The Labute approximate surface area is 123 Å². The summed E-state index contributed by atoms with van der Waals surface area (Å²) in [4.78, 5) is 18.7. The molecule has 0 atom stereocenters. The van der Waals surface area contributed by atoms with Crippen molar-refractivity contribution in [2.45, 2.75) is 20.4 Å². The van der Waals surface area contributed by atoms with E-state index in [2.05, 4.69) is 4.98 Å². The Morgan fingerprint density at radius 3 is 2.80 bits per heavy atom. The van der Waals surface area contributed by atoms with Gasteiger partial charge in [0.2, 0.25) is 0 Å². The Balaban J connectivity index is 2.17. The topological polar surface area (TPSA) is 42.4 Å². The molecule has 0 bridgehead atoms. The Morgan fingerprint density at radius 1 is 1.45 bits per heavy atom. The Bertz CT molecular complexity index is 622. The first-order valence-corrected chi connectivity index (χ1v) is 7.15. The van der Waals surface area contributed by atoms with E-state index >= 15 is 0 Å². The minimum absolute atomic E-state index is 0.0704. The maximum absolute atomic E-state index is 11.5. The summed E-state index contributed by atoms with van der Waals surface area (Å²) in [7, 11) is 3.63. The molecule has 2 aromatic rings. The van der Waals surface area contributed by atoms with Crippen LogP contribution in [0.2, 0.25) is 0 Å². The molecule has 1 aromatic heterocycles. The van der Waals surface area contributed by atoms with Crippen LogP contribution >= 0.6 is 11.3 Å². The van der Waals surface area contributed by atoms with Gasteiger partial charge in [0.25, 0.3) is 0 Å². The molecule has 0 amide bonds. The highest BCUT2D eigenvalue weighted by atomic mass is 32.1. The van der Waals surface area contributed by atoms with Gasteiger partial charge in [-0.15, -0.1) is 0 Å². The van der Waals surface area contributed by atoms with E-state index in [-0.39, 0.29) is 5.78 Å². The summed E-state index contributed by atoms with van der Waals surface area (Å²) < 4.78 is 5.22. The van der Waals surface area contributed by atoms with Gasteiger partial charge < -0.3 is 9.64 Å². The molecule has 1 heterocycles. The van der Waals surface area contributed by atoms with Crippen molar-refractivity contribution >= 4 is 22.3 Å². The number of benzene rings is 1. The van der Waals surface area contributed by atoms with Crippen LogP contribution in [0.5, 0.6) is 5.75 Å². The Hall–Kier alpha value is -1.88. The number of thiazole rings is 1. The van der Waals surface area contributed by atoms with Crippen molar-refractivity contribution in [2.24, 2.45) is 0 Å². The zero-order valence-corrected chi connectivity index (χ0v) is 13.0. The quantitative estimate of drug-likeness (QED) is 0.792. The Kier molecular flexibility index (Phi) is 4.39. The number of aromatic nitrogens is 1. The third-order valence-electron chi connectivity index (χ3n) is 2.99. The molecule has 20 heavy (non-hydrogen) atoms. The van der Waals surface area contributed by atoms with Crippen molar-refractivity contribution in [3.8, 4) is 5.75 Å². The summed E-state index contributed by atoms with van der Waals surface area (Å²) in [6.07, 6.45) is 0. The van der Waals surface area contributed by atoms with Gasteiger partial charge in [-0.05, 0) is 24.6 Å². The van der Waals surface area contributed by atoms with Gasteiger partial charge in [-0.3, -0.25) is 4.79 Å². The highest BCUT2D eigenvalue weighted by Gasteiger charge is 2.14. The summed E-state index contributed by atoms with van der Waals surface area (Å²) in [5, 5.41) is 0.857. The smallest absolute Gasteiger partial charge is 0.186 e. The second-order valence-electron chi connectivity index (χ2n) is 4.67. The van der Waals surface area contributed by atoms with Gasteiger partial charge in [-0.1, -0.05) is 23.5 Å². The molecule has 0 fully saturated rings. The summed E-state index contributed by atoms with van der Waals surface area (Å²) in [5.41, 5.74) is 1.94. The molecule has 0 spiro atoms. The van der Waals surface area contributed by atoms with Crippen LogP contribution in [0.3, 0.4) is 0 Å². The lowest BCUT2D eigenvalue weighted by molar-refractivity contribution is 0.102. The van der Waals surface area contributed by atoms with Gasteiger partial charge in [-0.25, -0.2) is 4.98 Å². The van der Waals surface area contributed by atoms with E-state index in [1.54, 1.807) is 14.0 Å². The molecule has 0 aliphatic heterocycles. The number of rotatable bonds is 5. The normalized spacial score (nSPS) is 10.4. The van der Waals surface area contributed by atoms with Gasteiger partial charge >= 0.3 is 0 Å². The molecule has 5 heteroatoms. The first-order valence-electron chi connectivity index (χ1n) is 6.33. The third-order valence-corrected chi connectivity index (χ3v) is 4.36. The van der Waals surface area contributed by atoms with Crippen LogP contribution in [0.15, 0.2) is 24.3 Å². The first kappa shape index (κ1) is 14.5. The average molecular weight is 290 g/mol. The van der Waals surface area contributed by atoms with Crippen molar-refractivity contribution in [2.75, 3.05) is 19.1 Å². The van der Waals surface area contributed by atoms with E-state index in [1.165, 1.54) is 11.3 Å². The van der Waals surface area contributed by atoms with E-state index in [0.717, 1.165) is 33.6 Å². The molecule has 106 valence electrons. The third kappa shape index (κ3) is 3.17. The number of ether oxygens (including phenoxy) is 1. The van der Waals surface area contributed by atoms with Crippen molar-refractivity contribution in [3.05, 3.63) is 40.4 Å². The predicted molar refractivity (Wildman–Crippen MR) is 82.0 cm³/mol. The molecule has 0 N–H and O–H groups in total. The summed E-state index contributed by atoms with van der Waals surface area (Å²) in [5.74, 6) is 0.914. The summed E-state index contributed by atoms with van der Waals surface area (Å²) in [6.45, 7) is 4.17. The number of carbonyl (C=O) groups excluding carboxylic acids is 1. The van der Waals surface area contributed by atoms with E-state index in [4.69, 9.17) is 4.74 Å². The van der Waals surface area contributed by atoms with Crippen molar-refractivity contribution in [3.63, 3.8) is 0 Å². The maximum Gasteiger partial charge on any atom is 0.186 e. The molecule has 0 saturated heterocycles. The van der Waals surface area contributed by atoms with Crippen LogP contribution in [-0.4, -0.2) is 24.9 Å². The van der Waals surface area contributed by atoms with Crippen molar-refractivity contribution < 1.29 is 9.53 Å². The van der Waals surface area contributed by atoms with Crippen molar-refractivity contribution in [1.82, 2.24) is 4.98 Å². The molecular formula is C15H18N2O2S. The van der Waals surface area contributed by atoms with Crippen LogP contribution in [0.25, 0.3) is 0 Å². The molecule has 4 nitrogen and oxygen atoms in total. The Morgan fingerprint density at radius 2 is 2.20 bits per heavy atom. The molecule has 2 rings (SSSR count). The van der Waals surface area contributed by atoms with Gasteiger partial charge in [0.15, 0.2) is 10.9 Å². The standard InChI is InChI=1S/C15H18N2O2S/c1-10-14(11(2)18)20-15(16-10)17(3)9-12-6-5-7-13(8-12)19-4/h5-8H,9H2,1-4H3. The number of aryl methyl sites for hydroxylation is 1. The molecule has 0 saturated carbocycles. The minimum Gasteiger partial charge on any atom is -0.497 e. The zero-order valence-electron chi connectivity index (χ0n) is 12.1. The fraction of sp³-hybridized carbons (Fsp3) is 0.333. The molecule has 0 radical (unpaired) electrons.